The second-order valence-corrected chi connectivity index (χ2v) is 12.7. The molecule has 0 spiro atoms. The first kappa shape index (κ1) is 28.9. The van der Waals surface area contributed by atoms with E-state index in [2.05, 4.69) is 32.8 Å². The highest BCUT2D eigenvalue weighted by molar-refractivity contribution is 5.95. The number of aromatic carboxylic acids is 1. The highest BCUT2D eigenvalue weighted by atomic mass is 16.5. The molecule has 1 saturated carbocycles. The number of morpholine rings is 1. The summed E-state index contributed by atoms with van der Waals surface area (Å²) in [5.41, 5.74) is 6.99. The van der Waals surface area contributed by atoms with E-state index in [0.29, 0.717) is 51.1 Å². The molecule has 3 fully saturated rings. The van der Waals surface area contributed by atoms with E-state index in [4.69, 9.17) is 14.2 Å². The van der Waals surface area contributed by atoms with Gasteiger partial charge in [0.1, 0.15) is 30.4 Å². The van der Waals surface area contributed by atoms with Crippen LogP contribution in [0.2, 0.25) is 0 Å². The van der Waals surface area contributed by atoms with Crippen LogP contribution < -0.4 is 19.3 Å². The normalized spacial score (nSPS) is 18.7. The van der Waals surface area contributed by atoms with Gasteiger partial charge in [0.15, 0.2) is 5.69 Å². The molecule has 1 amide bonds. The van der Waals surface area contributed by atoms with Crippen molar-refractivity contribution in [3.8, 4) is 22.8 Å². The molecule has 5 heterocycles. The summed E-state index contributed by atoms with van der Waals surface area (Å²) < 4.78 is 22.4. The van der Waals surface area contributed by atoms with E-state index in [1.807, 2.05) is 27.6 Å². The third-order valence-electron chi connectivity index (χ3n) is 9.89. The molecule has 3 aliphatic heterocycles. The maximum Gasteiger partial charge on any atom is 0.356 e. The molecule has 0 bridgehead atoms. The maximum absolute atomic E-state index is 12.5. The van der Waals surface area contributed by atoms with Crippen LogP contribution in [0.4, 0.5) is 11.4 Å². The van der Waals surface area contributed by atoms with E-state index in [1.54, 1.807) is 6.07 Å². The van der Waals surface area contributed by atoms with E-state index in [-0.39, 0.29) is 11.6 Å². The molecule has 1 aliphatic carbocycles. The van der Waals surface area contributed by atoms with Crippen molar-refractivity contribution in [1.82, 2.24) is 14.2 Å². The lowest BCUT2D eigenvalue weighted by molar-refractivity contribution is -0.117. The van der Waals surface area contributed by atoms with Crippen molar-refractivity contribution in [3.63, 3.8) is 0 Å². The van der Waals surface area contributed by atoms with Crippen molar-refractivity contribution in [2.75, 3.05) is 49.3 Å². The monoisotopic (exact) mass is 625 g/mol. The van der Waals surface area contributed by atoms with Gasteiger partial charge in [-0.05, 0) is 49.6 Å². The number of benzene rings is 2. The third-order valence-corrected chi connectivity index (χ3v) is 9.89. The van der Waals surface area contributed by atoms with E-state index in [0.717, 1.165) is 97.0 Å². The van der Waals surface area contributed by atoms with Gasteiger partial charge in [-0.1, -0.05) is 19.3 Å². The first-order valence-corrected chi connectivity index (χ1v) is 16.6. The Hall–Kier alpha value is -4.51. The molecule has 0 unspecified atom stereocenters. The Morgan fingerprint density at radius 1 is 0.957 bits per heavy atom. The molecular formula is C35H39N5O6. The Bertz CT molecular complexity index is 1800. The van der Waals surface area contributed by atoms with Crippen LogP contribution >= 0.6 is 0 Å². The van der Waals surface area contributed by atoms with Gasteiger partial charge in [-0.2, -0.15) is 5.10 Å². The van der Waals surface area contributed by atoms with Crippen molar-refractivity contribution >= 4 is 28.9 Å². The lowest BCUT2D eigenvalue weighted by Crippen LogP contribution is -2.37. The number of amides is 1. The average molecular weight is 626 g/mol. The summed E-state index contributed by atoms with van der Waals surface area (Å²) in [6, 6.07) is 13.9. The minimum Gasteiger partial charge on any atom is -0.491 e. The Labute approximate surface area is 267 Å². The van der Waals surface area contributed by atoms with E-state index in [1.165, 1.54) is 6.42 Å². The smallest absolute Gasteiger partial charge is 0.356 e. The Morgan fingerprint density at radius 2 is 1.80 bits per heavy atom. The van der Waals surface area contributed by atoms with Gasteiger partial charge >= 0.3 is 5.97 Å². The zero-order valence-corrected chi connectivity index (χ0v) is 25.9. The number of nitrogens with zero attached hydrogens (tertiary/aromatic N) is 5. The largest absolute Gasteiger partial charge is 0.491 e. The number of rotatable bonds is 7. The predicted molar refractivity (Wildman–Crippen MR) is 172 cm³/mol. The first-order valence-electron chi connectivity index (χ1n) is 16.6. The zero-order valence-electron chi connectivity index (χ0n) is 25.9. The minimum absolute atomic E-state index is 0.0612. The number of carbonyl (C=O) groups excluding carboxylic acids is 1. The molecule has 1 N–H and O–H groups in total. The molecule has 4 aromatic rings. The topological polar surface area (TPSA) is 111 Å². The number of carbonyl (C=O) groups is 2. The number of fused-ring (bicyclic) bond motifs is 5. The van der Waals surface area contributed by atoms with Crippen LogP contribution in [0.25, 0.3) is 16.9 Å². The molecule has 0 atom stereocenters. The number of hydrogen-bond donors (Lipinski definition) is 1. The molecule has 2 saturated heterocycles. The molecule has 46 heavy (non-hydrogen) atoms. The van der Waals surface area contributed by atoms with Crippen molar-refractivity contribution in [3.05, 3.63) is 59.4 Å². The van der Waals surface area contributed by atoms with Crippen LogP contribution in [0.5, 0.6) is 11.5 Å². The Kier molecular flexibility index (Phi) is 7.56. The Balaban J connectivity index is 1.13. The standard InChI is InChI=1S/C35H39N5O6/c41-32-7-4-12-38(32)25-8-11-29(37-13-16-44-17-14-37)24(19-25)22-46-26-9-10-27-30(20-26)45-18-15-39-31-21-28(35(42)43)36-40(31)33(34(27)39)23-5-2-1-3-6-23/h8-11,19-21,23H,1-7,12-18,22H2,(H,42,43). The lowest BCUT2D eigenvalue weighted by Gasteiger charge is -2.31. The highest BCUT2D eigenvalue weighted by Gasteiger charge is 2.32. The highest BCUT2D eigenvalue weighted by Crippen LogP contribution is 2.45. The number of aromatic nitrogens is 3. The fourth-order valence-electron chi connectivity index (χ4n) is 7.66. The number of carboxylic acid groups (broad SMARTS) is 1. The van der Waals surface area contributed by atoms with Gasteiger partial charge in [0.2, 0.25) is 5.91 Å². The van der Waals surface area contributed by atoms with Gasteiger partial charge in [-0.25, -0.2) is 9.31 Å². The molecule has 2 aromatic carbocycles. The number of imidazole rings is 1. The van der Waals surface area contributed by atoms with E-state index >= 15 is 0 Å². The van der Waals surface area contributed by atoms with Crippen molar-refractivity contribution in [2.45, 2.75) is 64.0 Å². The molecule has 2 aromatic heterocycles. The van der Waals surface area contributed by atoms with Crippen LogP contribution in [0, 0.1) is 0 Å². The maximum atomic E-state index is 12.5. The fourth-order valence-corrected chi connectivity index (χ4v) is 7.66. The van der Waals surface area contributed by atoms with E-state index in [9.17, 15) is 14.7 Å². The summed E-state index contributed by atoms with van der Waals surface area (Å²) in [5, 5.41) is 14.3. The average Bonchev–Trinajstić information content (AvgIpc) is 3.76. The van der Waals surface area contributed by atoms with Crippen LogP contribution in [0.1, 0.15) is 72.6 Å². The summed E-state index contributed by atoms with van der Waals surface area (Å²) in [5.74, 6) is 0.889. The van der Waals surface area contributed by atoms with Gasteiger partial charge in [0.25, 0.3) is 0 Å². The number of ether oxygens (including phenoxy) is 3. The second kappa shape index (κ2) is 12.0. The van der Waals surface area contributed by atoms with Gasteiger partial charge in [0, 0.05) is 66.6 Å². The summed E-state index contributed by atoms with van der Waals surface area (Å²) in [7, 11) is 0. The van der Waals surface area contributed by atoms with E-state index < -0.39 is 5.97 Å². The lowest BCUT2D eigenvalue weighted by atomic mass is 9.85. The zero-order chi connectivity index (χ0) is 31.2. The van der Waals surface area contributed by atoms with Crippen molar-refractivity contribution in [1.29, 1.82) is 0 Å². The van der Waals surface area contributed by atoms with Crippen molar-refractivity contribution < 1.29 is 28.9 Å². The molecule has 11 nitrogen and oxygen atoms in total. The second-order valence-electron chi connectivity index (χ2n) is 12.7. The molecular weight excluding hydrogens is 586 g/mol. The first-order chi connectivity index (χ1) is 22.5. The molecule has 8 rings (SSSR count). The summed E-state index contributed by atoms with van der Waals surface area (Å²) in [4.78, 5) is 28.6. The van der Waals surface area contributed by atoms with Crippen LogP contribution in [-0.4, -0.2) is 70.6 Å². The number of anilines is 2. The summed E-state index contributed by atoms with van der Waals surface area (Å²) in [6.07, 6.45) is 7.10. The molecule has 11 heteroatoms. The summed E-state index contributed by atoms with van der Waals surface area (Å²) in [6.45, 7) is 5.10. The molecule has 4 aliphatic rings. The van der Waals surface area contributed by atoms with Gasteiger partial charge in [-0.3, -0.25) is 4.79 Å². The van der Waals surface area contributed by atoms with Crippen LogP contribution in [0.15, 0.2) is 42.5 Å². The quantitative estimate of drug-likeness (QED) is 0.287. The van der Waals surface area contributed by atoms with Gasteiger partial charge < -0.3 is 33.7 Å². The Morgan fingerprint density at radius 3 is 2.59 bits per heavy atom. The third kappa shape index (κ3) is 5.16. The SMILES string of the molecule is O=C(O)c1cc2n3c(c(C4CCCCC4)n2n1)-c1ccc(OCc2cc(N4CCCC4=O)ccc2N2CCOCC2)cc1OCC3. The summed E-state index contributed by atoms with van der Waals surface area (Å²) >= 11 is 0. The van der Waals surface area contributed by atoms with Crippen molar-refractivity contribution in [2.24, 2.45) is 0 Å². The minimum atomic E-state index is -1.02. The van der Waals surface area contributed by atoms with Gasteiger partial charge in [0.05, 0.1) is 31.1 Å². The molecule has 0 radical (unpaired) electrons. The predicted octanol–water partition coefficient (Wildman–Crippen LogP) is 5.48. The molecule has 240 valence electrons. The van der Waals surface area contributed by atoms with Gasteiger partial charge in [-0.15, -0.1) is 0 Å². The number of hydrogen-bond acceptors (Lipinski definition) is 7. The van der Waals surface area contributed by atoms with Crippen LogP contribution in [0.3, 0.4) is 0 Å². The van der Waals surface area contributed by atoms with Crippen LogP contribution in [-0.2, 0) is 22.7 Å². The fraction of sp³-hybridized carbons (Fsp3) is 0.457. The number of carboxylic acids is 1.